The first-order chi connectivity index (χ1) is 21.9. The molecule has 45 heavy (non-hydrogen) atoms. The van der Waals surface area contributed by atoms with Gasteiger partial charge in [-0.15, -0.1) is 0 Å². The van der Waals surface area contributed by atoms with Crippen molar-refractivity contribution in [3.05, 3.63) is 88.2 Å². The lowest BCUT2D eigenvalue weighted by molar-refractivity contribution is -0.120. The standard InChI is InChI=1S/C33H36BrN7O4/c1-36-29(42)22-41-32(43)26-5-4-6-28(30(26)33(41)44)45-20-3-2-15-39-16-18-40(19-17-39)25-9-7-24(8-10-25)38-21-27(34)31(35)23-11-13-37-14-12-23/h4-14,21H,2-3,15-20,22,35H2,1H3,(H,36,42). The number of nitrogens with one attached hydrogen (secondary N) is 1. The van der Waals surface area contributed by atoms with Crippen LogP contribution in [0.1, 0.15) is 39.1 Å². The molecule has 3 amide bonds. The Kier molecular flexibility index (Phi) is 10.6. The molecule has 1 saturated heterocycles. The molecule has 0 aliphatic carbocycles. The number of fused-ring (bicyclic) bond motifs is 1. The van der Waals surface area contributed by atoms with Crippen molar-refractivity contribution in [2.45, 2.75) is 12.8 Å². The topological polar surface area (TPSA) is 133 Å². The fourth-order valence-electron chi connectivity index (χ4n) is 5.26. The maximum Gasteiger partial charge on any atom is 0.265 e. The number of hydrogen-bond acceptors (Lipinski definition) is 9. The van der Waals surface area contributed by atoms with Crippen molar-refractivity contribution in [2.24, 2.45) is 10.7 Å². The van der Waals surface area contributed by atoms with Gasteiger partial charge in [-0.25, -0.2) is 0 Å². The Morgan fingerprint density at radius 1 is 1.02 bits per heavy atom. The average molecular weight is 675 g/mol. The summed E-state index contributed by atoms with van der Waals surface area (Å²) in [6, 6.07) is 16.9. The van der Waals surface area contributed by atoms with E-state index >= 15 is 0 Å². The molecule has 5 rings (SSSR count). The molecule has 2 aliphatic rings. The van der Waals surface area contributed by atoms with E-state index in [4.69, 9.17) is 10.5 Å². The van der Waals surface area contributed by atoms with Crippen molar-refractivity contribution in [2.75, 3.05) is 57.8 Å². The molecule has 0 atom stereocenters. The Labute approximate surface area is 270 Å². The van der Waals surface area contributed by atoms with Crippen LogP contribution in [0.4, 0.5) is 11.4 Å². The van der Waals surface area contributed by atoms with Crippen molar-refractivity contribution in [1.82, 2.24) is 20.1 Å². The number of imide groups is 1. The van der Waals surface area contributed by atoms with E-state index in [-0.39, 0.29) is 17.7 Å². The number of allylic oxidation sites excluding steroid dienone is 1. The zero-order valence-electron chi connectivity index (χ0n) is 25.1. The number of carbonyl (C=O) groups excluding carboxylic acids is 3. The van der Waals surface area contributed by atoms with Crippen molar-refractivity contribution >= 4 is 56.9 Å². The fourth-order valence-corrected chi connectivity index (χ4v) is 5.59. The molecule has 1 aromatic heterocycles. The van der Waals surface area contributed by atoms with Crippen molar-refractivity contribution < 1.29 is 19.1 Å². The highest BCUT2D eigenvalue weighted by molar-refractivity contribution is 9.12. The summed E-state index contributed by atoms with van der Waals surface area (Å²) in [7, 11) is 1.47. The number of hydrogen-bond donors (Lipinski definition) is 2. The highest BCUT2D eigenvalue weighted by Crippen LogP contribution is 2.31. The van der Waals surface area contributed by atoms with Crippen LogP contribution < -0.4 is 20.7 Å². The van der Waals surface area contributed by atoms with Crippen LogP contribution in [0.3, 0.4) is 0 Å². The highest BCUT2D eigenvalue weighted by Gasteiger charge is 2.39. The van der Waals surface area contributed by atoms with Gasteiger partial charge in [0.25, 0.3) is 11.8 Å². The first kappa shape index (κ1) is 31.9. The summed E-state index contributed by atoms with van der Waals surface area (Å²) >= 11 is 3.51. The maximum atomic E-state index is 12.9. The molecular weight excluding hydrogens is 638 g/mol. The van der Waals surface area contributed by atoms with E-state index in [0.717, 1.165) is 61.7 Å². The molecule has 0 spiro atoms. The summed E-state index contributed by atoms with van der Waals surface area (Å²) in [5.74, 6) is -0.996. The van der Waals surface area contributed by atoms with E-state index in [0.29, 0.717) is 22.5 Å². The monoisotopic (exact) mass is 673 g/mol. The number of amides is 3. The third kappa shape index (κ3) is 7.76. The van der Waals surface area contributed by atoms with Crippen molar-refractivity contribution in [3.63, 3.8) is 0 Å². The number of aromatic nitrogens is 1. The summed E-state index contributed by atoms with van der Waals surface area (Å²) in [5, 5.41) is 2.44. The second-order valence-corrected chi connectivity index (χ2v) is 11.6. The van der Waals surface area contributed by atoms with Crippen LogP contribution in [0.5, 0.6) is 5.75 Å². The maximum absolute atomic E-state index is 12.9. The zero-order chi connectivity index (χ0) is 31.8. The lowest BCUT2D eigenvalue weighted by atomic mass is 10.1. The van der Waals surface area contributed by atoms with Crippen LogP contribution in [-0.4, -0.2) is 91.6 Å². The number of nitrogens with two attached hydrogens (primary N) is 1. The third-order valence-corrected chi connectivity index (χ3v) is 8.46. The van der Waals surface area contributed by atoms with Crippen LogP contribution >= 0.6 is 15.9 Å². The fraction of sp³-hybridized carbons (Fsp3) is 0.303. The zero-order valence-corrected chi connectivity index (χ0v) is 26.7. The second kappa shape index (κ2) is 15.0. The van der Waals surface area contributed by atoms with Crippen LogP contribution in [0, 0.1) is 0 Å². The van der Waals surface area contributed by atoms with Crippen LogP contribution in [-0.2, 0) is 4.79 Å². The van der Waals surface area contributed by atoms with Gasteiger partial charge in [-0.05, 0) is 83.8 Å². The summed E-state index contributed by atoms with van der Waals surface area (Å²) in [6.07, 6.45) is 6.88. The van der Waals surface area contributed by atoms with Gasteiger partial charge in [0.2, 0.25) is 5.91 Å². The first-order valence-electron chi connectivity index (χ1n) is 14.9. The number of unbranched alkanes of at least 4 members (excludes halogenated alkanes) is 1. The van der Waals surface area contributed by atoms with Crippen molar-refractivity contribution in [1.29, 1.82) is 0 Å². The summed E-state index contributed by atoms with van der Waals surface area (Å²) < 4.78 is 6.64. The van der Waals surface area contributed by atoms with Gasteiger partial charge in [-0.3, -0.25) is 34.2 Å². The molecule has 1 fully saturated rings. The van der Waals surface area contributed by atoms with Gasteiger partial charge < -0.3 is 20.7 Å². The van der Waals surface area contributed by atoms with E-state index < -0.39 is 17.7 Å². The van der Waals surface area contributed by atoms with Gasteiger partial charge in [-0.2, -0.15) is 0 Å². The Morgan fingerprint density at radius 2 is 1.76 bits per heavy atom. The smallest absolute Gasteiger partial charge is 0.265 e. The van der Waals surface area contributed by atoms with Gasteiger partial charge in [0.1, 0.15) is 12.3 Å². The molecular formula is C33H36BrN7O4. The molecule has 0 saturated carbocycles. The predicted octanol–water partition coefficient (Wildman–Crippen LogP) is 3.83. The number of carbonyl (C=O) groups is 3. The lowest BCUT2D eigenvalue weighted by Gasteiger charge is -2.36. The largest absolute Gasteiger partial charge is 0.493 e. The number of halogens is 1. The Hall–Kier alpha value is -4.55. The minimum absolute atomic E-state index is 0.234. The summed E-state index contributed by atoms with van der Waals surface area (Å²) in [6.45, 7) is 4.90. The average Bonchev–Trinajstić information content (AvgIpc) is 3.32. The molecule has 11 nitrogen and oxygen atoms in total. The molecule has 2 aromatic carbocycles. The molecule has 0 radical (unpaired) electrons. The summed E-state index contributed by atoms with van der Waals surface area (Å²) in [5.41, 5.74) is 10.2. The Bertz CT molecular complexity index is 1590. The number of rotatable bonds is 12. The molecule has 3 aromatic rings. The van der Waals surface area contributed by atoms with Gasteiger partial charge in [0, 0.05) is 63.1 Å². The van der Waals surface area contributed by atoms with E-state index in [1.165, 1.54) is 12.7 Å². The van der Waals surface area contributed by atoms with E-state index in [9.17, 15) is 14.4 Å². The molecule has 0 unspecified atom stereocenters. The minimum Gasteiger partial charge on any atom is -0.493 e. The van der Waals surface area contributed by atoms with Crippen LogP contribution in [0.2, 0.25) is 0 Å². The predicted molar refractivity (Wildman–Crippen MR) is 178 cm³/mol. The number of piperazine rings is 1. The Morgan fingerprint density at radius 3 is 2.47 bits per heavy atom. The highest BCUT2D eigenvalue weighted by atomic mass is 79.9. The van der Waals surface area contributed by atoms with Gasteiger partial charge in [0.15, 0.2) is 0 Å². The Balaban J connectivity index is 1.04. The second-order valence-electron chi connectivity index (χ2n) is 10.7. The number of nitrogens with zero attached hydrogens (tertiary/aromatic N) is 5. The minimum atomic E-state index is -0.498. The number of anilines is 1. The molecule has 12 heteroatoms. The number of benzene rings is 2. The molecule has 0 bridgehead atoms. The molecule has 234 valence electrons. The van der Waals surface area contributed by atoms with E-state index in [1.54, 1.807) is 36.8 Å². The summed E-state index contributed by atoms with van der Waals surface area (Å²) in [4.78, 5) is 51.6. The molecule has 2 aliphatic heterocycles. The first-order valence-corrected chi connectivity index (χ1v) is 15.6. The molecule has 3 N–H and O–H groups in total. The third-order valence-electron chi connectivity index (χ3n) is 7.83. The quantitative estimate of drug-likeness (QED) is 0.168. The van der Waals surface area contributed by atoms with Crippen LogP contribution in [0.25, 0.3) is 5.70 Å². The number of ether oxygens (including phenoxy) is 1. The SMILES string of the molecule is CNC(=O)CN1C(=O)c2cccc(OCCCCN3CCN(c4ccc(N=CC(Br)=C(N)c5ccncc5)cc4)CC3)c2C1=O. The van der Waals surface area contributed by atoms with Crippen molar-refractivity contribution in [3.8, 4) is 5.75 Å². The van der Waals surface area contributed by atoms with Gasteiger partial charge >= 0.3 is 0 Å². The number of pyridine rings is 1. The number of aliphatic imine (C=N–C) groups is 1. The molecule has 3 heterocycles. The number of likely N-dealkylation sites (N-methyl/N-ethyl adjacent to an activating group) is 1. The van der Waals surface area contributed by atoms with Crippen LogP contribution in [0.15, 0.2) is 76.5 Å². The van der Waals surface area contributed by atoms with Gasteiger partial charge in [-0.1, -0.05) is 6.07 Å². The van der Waals surface area contributed by atoms with E-state index in [1.807, 2.05) is 24.3 Å². The normalized spacial score (nSPS) is 15.8. The lowest BCUT2D eigenvalue weighted by Crippen LogP contribution is -2.46. The van der Waals surface area contributed by atoms with Gasteiger partial charge in [0.05, 0.1) is 33.6 Å². The van der Waals surface area contributed by atoms with E-state index in [2.05, 4.69) is 53.2 Å².